The molecule has 4 heteroatoms. The quantitative estimate of drug-likeness (QED) is 0.263. The summed E-state index contributed by atoms with van der Waals surface area (Å²) < 4.78 is 11.3. The molecule has 1 N–H and O–H groups in total. The van der Waals surface area contributed by atoms with Crippen LogP contribution in [0.1, 0.15) is 63.3 Å². The summed E-state index contributed by atoms with van der Waals surface area (Å²) in [6, 6.07) is 2.06. The predicted molar refractivity (Wildman–Crippen MR) is 97.2 cm³/mol. The van der Waals surface area contributed by atoms with E-state index < -0.39 is 0 Å². The summed E-state index contributed by atoms with van der Waals surface area (Å²) in [5.74, 6) is 0.898. The maximum atomic E-state index is 8.75. The van der Waals surface area contributed by atoms with Gasteiger partial charge in [0.2, 0.25) is 0 Å². The Balaban J connectivity index is 0.00000155. The summed E-state index contributed by atoms with van der Waals surface area (Å²) in [7, 11) is 0. The predicted octanol–water partition coefficient (Wildman–Crippen LogP) is 5.03. The summed E-state index contributed by atoms with van der Waals surface area (Å²) in [6.45, 7) is 12.8. The summed E-state index contributed by atoms with van der Waals surface area (Å²) in [5, 5.41) is 11.9. The van der Waals surface area contributed by atoms with Gasteiger partial charge < -0.3 is 14.7 Å². The third-order valence-corrected chi connectivity index (χ3v) is 3.86. The van der Waals surface area contributed by atoms with Gasteiger partial charge in [-0.1, -0.05) is 32.5 Å². The lowest BCUT2D eigenvalue weighted by Crippen LogP contribution is -2.05. The number of ether oxygens (including phenoxy) is 2. The van der Waals surface area contributed by atoms with Crippen molar-refractivity contribution in [3.8, 4) is 5.75 Å². The second-order valence-corrected chi connectivity index (χ2v) is 5.49. The van der Waals surface area contributed by atoms with Gasteiger partial charge in [-0.25, -0.2) is 0 Å². The van der Waals surface area contributed by atoms with Gasteiger partial charge in [-0.15, -0.1) is 0 Å². The Hall–Kier alpha value is -1.55. The van der Waals surface area contributed by atoms with Crippen molar-refractivity contribution >= 4 is 6.21 Å². The number of hydrogen-bond acceptors (Lipinski definition) is 4. The number of epoxide rings is 1. The van der Waals surface area contributed by atoms with Crippen LogP contribution in [0.25, 0.3) is 0 Å². The summed E-state index contributed by atoms with van der Waals surface area (Å²) in [5.41, 5.74) is 4.15. The number of oxime groups is 1. The van der Waals surface area contributed by atoms with Crippen LogP contribution in [0.2, 0.25) is 0 Å². The van der Waals surface area contributed by atoms with E-state index in [-0.39, 0.29) is 7.43 Å². The van der Waals surface area contributed by atoms with Crippen molar-refractivity contribution in [1.29, 1.82) is 0 Å². The summed E-state index contributed by atoms with van der Waals surface area (Å²) >= 11 is 0. The smallest absolute Gasteiger partial charge is 0.125 e. The van der Waals surface area contributed by atoms with E-state index >= 15 is 0 Å². The Morgan fingerprint density at radius 1 is 1.26 bits per heavy atom. The Labute approximate surface area is 141 Å². The molecule has 2 rings (SSSR count). The molecule has 1 saturated heterocycles. The maximum Gasteiger partial charge on any atom is 0.125 e. The standard InChI is InChI=1S/C16H23NO3.C2H6.CH4/c1-10-8-11(2)16(12(3)14(10)9-17-18)19-7-5-6-15-13(4)20-15;1-2;/h8-9,13,15,18H,5-7H2,1-4H3;1-2H3;1H4/b17-9+;;. The second kappa shape index (κ2) is 10.3. The molecule has 0 amide bonds. The van der Waals surface area contributed by atoms with Crippen molar-refractivity contribution in [3.63, 3.8) is 0 Å². The molecule has 2 unspecified atom stereocenters. The van der Waals surface area contributed by atoms with E-state index in [1.807, 2.05) is 34.6 Å². The molecule has 23 heavy (non-hydrogen) atoms. The zero-order valence-electron chi connectivity index (χ0n) is 14.6. The third-order valence-electron chi connectivity index (χ3n) is 3.86. The highest BCUT2D eigenvalue weighted by Gasteiger charge is 2.33. The number of aryl methyl sites for hydroxylation is 2. The monoisotopic (exact) mass is 323 g/mol. The van der Waals surface area contributed by atoms with E-state index in [2.05, 4.69) is 18.1 Å². The first-order valence-corrected chi connectivity index (χ1v) is 8.11. The lowest BCUT2D eigenvalue weighted by atomic mass is 9.99. The van der Waals surface area contributed by atoms with E-state index in [1.54, 1.807) is 0 Å². The van der Waals surface area contributed by atoms with Crippen LogP contribution in [0.15, 0.2) is 11.2 Å². The number of rotatable bonds is 6. The van der Waals surface area contributed by atoms with E-state index in [4.69, 9.17) is 14.7 Å². The molecule has 0 bridgehead atoms. The largest absolute Gasteiger partial charge is 0.493 e. The highest BCUT2D eigenvalue weighted by Crippen LogP contribution is 2.29. The highest BCUT2D eigenvalue weighted by molar-refractivity contribution is 5.84. The van der Waals surface area contributed by atoms with Crippen LogP contribution in [0.3, 0.4) is 0 Å². The van der Waals surface area contributed by atoms with Crippen LogP contribution in [0.4, 0.5) is 0 Å². The average molecular weight is 323 g/mol. The van der Waals surface area contributed by atoms with Crippen LogP contribution in [0, 0.1) is 20.8 Å². The van der Waals surface area contributed by atoms with Crippen LogP contribution in [-0.4, -0.2) is 30.2 Å². The van der Waals surface area contributed by atoms with Gasteiger partial charge in [-0.2, -0.15) is 0 Å². The van der Waals surface area contributed by atoms with Crippen molar-refractivity contribution in [2.45, 2.75) is 74.0 Å². The Kier molecular flexibility index (Phi) is 9.58. The van der Waals surface area contributed by atoms with Crippen molar-refractivity contribution in [1.82, 2.24) is 0 Å². The molecule has 1 aromatic rings. The molecule has 0 aromatic heterocycles. The molecule has 1 aliphatic heterocycles. The molecular formula is C19H33NO3. The van der Waals surface area contributed by atoms with Crippen LogP contribution in [-0.2, 0) is 4.74 Å². The molecular weight excluding hydrogens is 290 g/mol. The zero-order valence-corrected chi connectivity index (χ0v) is 14.6. The van der Waals surface area contributed by atoms with Crippen molar-refractivity contribution in [3.05, 3.63) is 28.3 Å². The van der Waals surface area contributed by atoms with E-state index in [1.165, 1.54) is 6.21 Å². The maximum absolute atomic E-state index is 8.75. The minimum atomic E-state index is 0. The van der Waals surface area contributed by atoms with Crippen molar-refractivity contribution in [2.75, 3.05) is 6.61 Å². The third kappa shape index (κ3) is 5.87. The van der Waals surface area contributed by atoms with Crippen LogP contribution in [0.5, 0.6) is 5.75 Å². The van der Waals surface area contributed by atoms with Gasteiger partial charge in [0.25, 0.3) is 0 Å². The van der Waals surface area contributed by atoms with Gasteiger partial charge in [0.05, 0.1) is 25.0 Å². The zero-order chi connectivity index (χ0) is 16.7. The lowest BCUT2D eigenvalue weighted by Gasteiger charge is -2.15. The number of hydrogen-bond donors (Lipinski definition) is 1. The normalized spacial score (nSPS) is 18.9. The lowest BCUT2D eigenvalue weighted by molar-refractivity contribution is 0.289. The minimum absolute atomic E-state index is 0. The summed E-state index contributed by atoms with van der Waals surface area (Å²) in [4.78, 5) is 0. The second-order valence-electron chi connectivity index (χ2n) is 5.49. The topological polar surface area (TPSA) is 54.3 Å². The Bertz CT molecular complexity index is 512. The number of nitrogens with zero attached hydrogens (tertiary/aromatic N) is 1. The fourth-order valence-corrected chi connectivity index (χ4v) is 2.65. The van der Waals surface area contributed by atoms with E-state index in [0.29, 0.717) is 18.8 Å². The molecule has 1 heterocycles. The van der Waals surface area contributed by atoms with Crippen molar-refractivity contribution in [2.24, 2.45) is 5.16 Å². The van der Waals surface area contributed by atoms with E-state index in [9.17, 15) is 0 Å². The molecule has 1 aliphatic rings. The van der Waals surface area contributed by atoms with E-state index in [0.717, 1.165) is 40.8 Å². The van der Waals surface area contributed by atoms with Crippen LogP contribution >= 0.6 is 0 Å². The van der Waals surface area contributed by atoms with Gasteiger partial charge in [0.15, 0.2) is 0 Å². The average Bonchev–Trinajstić information content (AvgIpc) is 3.20. The minimum Gasteiger partial charge on any atom is -0.493 e. The molecule has 0 spiro atoms. The molecule has 1 fully saturated rings. The van der Waals surface area contributed by atoms with Crippen LogP contribution < -0.4 is 4.74 Å². The molecule has 0 saturated carbocycles. The van der Waals surface area contributed by atoms with Gasteiger partial charge in [-0.05, 0) is 51.7 Å². The first-order chi connectivity index (χ1) is 10.5. The van der Waals surface area contributed by atoms with Gasteiger partial charge in [0.1, 0.15) is 5.75 Å². The molecule has 0 aliphatic carbocycles. The van der Waals surface area contributed by atoms with Crippen molar-refractivity contribution < 1.29 is 14.7 Å². The van der Waals surface area contributed by atoms with Gasteiger partial charge in [0, 0.05) is 11.1 Å². The Morgan fingerprint density at radius 2 is 1.87 bits per heavy atom. The molecule has 0 radical (unpaired) electrons. The molecule has 2 atom stereocenters. The van der Waals surface area contributed by atoms with Gasteiger partial charge >= 0.3 is 0 Å². The Morgan fingerprint density at radius 3 is 2.39 bits per heavy atom. The highest BCUT2D eigenvalue weighted by atomic mass is 16.6. The summed E-state index contributed by atoms with van der Waals surface area (Å²) in [6.07, 6.45) is 4.36. The number of benzene rings is 1. The SMILES string of the molecule is C.CC.Cc1cc(C)c(OCCCC2OC2C)c(C)c1/C=N/O. The fraction of sp³-hybridized carbons (Fsp3) is 0.632. The first kappa shape index (κ1) is 21.4. The molecule has 4 nitrogen and oxygen atoms in total. The molecule has 132 valence electrons. The van der Waals surface area contributed by atoms with Gasteiger partial charge in [-0.3, -0.25) is 0 Å². The fourth-order valence-electron chi connectivity index (χ4n) is 2.65. The molecule has 1 aromatic carbocycles. The first-order valence-electron chi connectivity index (χ1n) is 8.11.